The number of unbranched alkanes of at least 4 members (excludes halogenated alkanes) is 2. The molecule has 0 unspecified atom stereocenters. The van der Waals surface area contributed by atoms with Crippen molar-refractivity contribution in [3.63, 3.8) is 0 Å². The minimum atomic E-state index is -4.29. The summed E-state index contributed by atoms with van der Waals surface area (Å²) in [5.41, 5.74) is 0.256. The number of carbonyl (C=O) groups excluding carboxylic acids is 1. The monoisotopic (exact) mass is 356 g/mol. The first-order valence-electron chi connectivity index (χ1n) is 9.06. The van der Waals surface area contributed by atoms with Gasteiger partial charge in [-0.1, -0.05) is 31.9 Å². The quantitative estimate of drug-likeness (QED) is 0.709. The summed E-state index contributed by atoms with van der Waals surface area (Å²) in [4.78, 5) is 16.4. The second-order valence-electron chi connectivity index (χ2n) is 6.66. The summed E-state index contributed by atoms with van der Waals surface area (Å²) in [5, 5.41) is 0. The van der Waals surface area contributed by atoms with Gasteiger partial charge in [-0.3, -0.25) is 9.69 Å². The van der Waals surface area contributed by atoms with Gasteiger partial charge in [-0.05, 0) is 30.5 Å². The van der Waals surface area contributed by atoms with Crippen molar-refractivity contribution in [3.8, 4) is 0 Å². The van der Waals surface area contributed by atoms with E-state index in [1.54, 1.807) is 12.1 Å². The Bertz CT molecular complexity index is 543. The van der Waals surface area contributed by atoms with Gasteiger partial charge in [0.2, 0.25) is 5.91 Å². The Labute approximate surface area is 147 Å². The van der Waals surface area contributed by atoms with E-state index in [-0.39, 0.29) is 5.91 Å². The zero-order valence-electron chi connectivity index (χ0n) is 14.8. The molecule has 0 spiro atoms. The van der Waals surface area contributed by atoms with Crippen LogP contribution in [0.5, 0.6) is 0 Å². The van der Waals surface area contributed by atoms with Crippen LogP contribution in [0.4, 0.5) is 13.2 Å². The van der Waals surface area contributed by atoms with Gasteiger partial charge in [0, 0.05) is 39.1 Å². The average molecular weight is 356 g/mol. The van der Waals surface area contributed by atoms with E-state index in [4.69, 9.17) is 0 Å². The highest BCUT2D eigenvalue weighted by molar-refractivity contribution is 5.76. The van der Waals surface area contributed by atoms with Gasteiger partial charge < -0.3 is 4.90 Å². The molecule has 0 aromatic heterocycles. The number of nitrogens with zero attached hydrogens (tertiary/aromatic N) is 2. The molecule has 2 rings (SSSR count). The fourth-order valence-electron chi connectivity index (χ4n) is 3.12. The zero-order chi connectivity index (χ0) is 18.3. The van der Waals surface area contributed by atoms with Crippen LogP contribution in [0.25, 0.3) is 0 Å². The van der Waals surface area contributed by atoms with Gasteiger partial charge >= 0.3 is 6.18 Å². The predicted octanol–water partition coefficient (Wildman–Crippen LogP) is 4.32. The summed E-state index contributed by atoms with van der Waals surface area (Å²) >= 11 is 0. The summed E-state index contributed by atoms with van der Waals surface area (Å²) < 4.78 is 37.8. The molecule has 0 saturated carbocycles. The Kier molecular flexibility index (Phi) is 7.29. The lowest BCUT2D eigenvalue weighted by atomic mass is 10.1. The fraction of sp³-hybridized carbons (Fsp3) is 0.632. The Morgan fingerprint density at radius 2 is 1.76 bits per heavy atom. The third-order valence-corrected chi connectivity index (χ3v) is 4.62. The number of alkyl halides is 3. The predicted molar refractivity (Wildman–Crippen MR) is 92.1 cm³/mol. The van der Waals surface area contributed by atoms with Crippen LogP contribution in [-0.2, 0) is 17.5 Å². The molecule has 0 aliphatic carbocycles. The molecule has 0 atom stereocenters. The van der Waals surface area contributed by atoms with E-state index in [0.29, 0.717) is 19.5 Å². The number of hydrogen-bond acceptors (Lipinski definition) is 2. The lowest BCUT2D eigenvalue weighted by Gasteiger charge is -2.22. The minimum absolute atomic E-state index is 0.227. The third-order valence-electron chi connectivity index (χ3n) is 4.62. The largest absolute Gasteiger partial charge is 0.416 e. The van der Waals surface area contributed by atoms with E-state index in [2.05, 4.69) is 11.8 Å². The fourth-order valence-corrected chi connectivity index (χ4v) is 3.12. The zero-order valence-corrected chi connectivity index (χ0v) is 14.8. The first-order valence-corrected chi connectivity index (χ1v) is 9.06. The molecule has 1 aromatic carbocycles. The number of benzene rings is 1. The number of rotatable bonds is 6. The maximum Gasteiger partial charge on any atom is 0.416 e. The summed E-state index contributed by atoms with van der Waals surface area (Å²) in [6.07, 6.45) is 0.363. The highest BCUT2D eigenvalue weighted by Gasteiger charge is 2.30. The summed E-state index contributed by atoms with van der Waals surface area (Å²) in [6.45, 7) is 5.84. The summed E-state index contributed by atoms with van der Waals surface area (Å²) in [6, 6.07) is 5.36. The van der Waals surface area contributed by atoms with Gasteiger partial charge in [-0.2, -0.15) is 13.2 Å². The number of halogens is 3. The van der Waals surface area contributed by atoms with Crippen molar-refractivity contribution >= 4 is 5.91 Å². The Balaban J connectivity index is 1.83. The highest BCUT2D eigenvalue weighted by atomic mass is 19.4. The van der Waals surface area contributed by atoms with Crippen LogP contribution in [0.1, 0.15) is 50.2 Å². The molecule has 3 nitrogen and oxygen atoms in total. The molecule has 1 amide bonds. The standard InChI is InChI=1S/C19H27F3N2O/c1-2-3-4-6-18(25)24-12-5-11-23(13-14-24)15-16-7-9-17(10-8-16)19(20,21)22/h7-10H,2-6,11-15H2,1H3. The maximum absolute atomic E-state index is 12.6. The van der Waals surface area contributed by atoms with Crippen molar-refractivity contribution in [2.45, 2.75) is 51.7 Å². The van der Waals surface area contributed by atoms with Gasteiger partial charge in [0.15, 0.2) is 0 Å². The number of hydrogen-bond donors (Lipinski definition) is 0. The second-order valence-corrected chi connectivity index (χ2v) is 6.66. The van der Waals surface area contributed by atoms with Crippen LogP contribution in [-0.4, -0.2) is 41.9 Å². The molecule has 0 bridgehead atoms. The lowest BCUT2D eigenvalue weighted by Crippen LogP contribution is -2.34. The molecule has 140 valence electrons. The molecule has 1 aliphatic rings. The van der Waals surface area contributed by atoms with Crippen LogP contribution in [0.3, 0.4) is 0 Å². The first kappa shape index (κ1) is 19.8. The molecule has 6 heteroatoms. The van der Waals surface area contributed by atoms with Crippen LogP contribution >= 0.6 is 0 Å². The molecule has 0 N–H and O–H groups in total. The van der Waals surface area contributed by atoms with E-state index in [9.17, 15) is 18.0 Å². The van der Waals surface area contributed by atoms with E-state index in [1.165, 1.54) is 0 Å². The lowest BCUT2D eigenvalue weighted by molar-refractivity contribution is -0.137. The van der Waals surface area contributed by atoms with E-state index in [0.717, 1.165) is 63.0 Å². The van der Waals surface area contributed by atoms with Crippen molar-refractivity contribution in [2.75, 3.05) is 26.2 Å². The molecule has 1 heterocycles. The van der Waals surface area contributed by atoms with E-state index >= 15 is 0 Å². The average Bonchev–Trinajstić information content (AvgIpc) is 2.80. The topological polar surface area (TPSA) is 23.6 Å². The Morgan fingerprint density at radius 3 is 2.40 bits per heavy atom. The van der Waals surface area contributed by atoms with Crippen LogP contribution in [0, 0.1) is 0 Å². The summed E-state index contributed by atoms with van der Waals surface area (Å²) in [7, 11) is 0. The third kappa shape index (κ3) is 6.34. The number of amides is 1. The number of carbonyl (C=O) groups is 1. The molecule has 25 heavy (non-hydrogen) atoms. The van der Waals surface area contributed by atoms with Crippen molar-refractivity contribution in [1.82, 2.24) is 9.80 Å². The van der Waals surface area contributed by atoms with Gasteiger partial charge in [0.25, 0.3) is 0 Å². The van der Waals surface area contributed by atoms with E-state index in [1.807, 2.05) is 4.90 Å². The Morgan fingerprint density at radius 1 is 1.04 bits per heavy atom. The molecule has 0 radical (unpaired) electrons. The first-order chi connectivity index (χ1) is 11.9. The van der Waals surface area contributed by atoms with Gasteiger partial charge in [0.1, 0.15) is 0 Å². The van der Waals surface area contributed by atoms with Gasteiger partial charge in [-0.25, -0.2) is 0 Å². The molecular weight excluding hydrogens is 329 g/mol. The smallest absolute Gasteiger partial charge is 0.341 e. The molecular formula is C19H27F3N2O. The highest BCUT2D eigenvalue weighted by Crippen LogP contribution is 2.29. The van der Waals surface area contributed by atoms with Crippen molar-refractivity contribution in [3.05, 3.63) is 35.4 Å². The molecule has 1 fully saturated rings. The molecule has 1 saturated heterocycles. The van der Waals surface area contributed by atoms with Crippen molar-refractivity contribution in [2.24, 2.45) is 0 Å². The minimum Gasteiger partial charge on any atom is -0.341 e. The SMILES string of the molecule is CCCCCC(=O)N1CCCN(Cc2ccc(C(F)(F)F)cc2)CC1. The van der Waals surface area contributed by atoms with Crippen LogP contribution in [0.2, 0.25) is 0 Å². The van der Waals surface area contributed by atoms with Gasteiger partial charge in [0.05, 0.1) is 5.56 Å². The van der Waals surface area contributed by atoms with Crippen LogP contribution < -0.4 is 0 Å². The van der Waals surface area contributed by atoms with Crippen molar-refractivity contribution < 1.29 is 18.0 Å². The van der Waals surface area contributed by atoms with Crippen LogP contribution in [0.15, 0.2) is 24.3 Å². The summed E-state index contributed by atoms with van der Waals surface area (Å²) in [5.74, 6) is 0.227. The molecule has 1 aliphatic heterocycles. The normalized spacial score (nSPS) is 16.7. The Hall–Kier alpha value is -1.56. The van der Waals surface area contributed by atoms with Crippen molar-refractivity contribution in [1.29, 1.82) is 0 Å². The maximum atomic E-state index is 12.6. The van der Waals surface area contributed by atoms with E-state index < -0.39 is 11.7 Å². The second kappa shape index (κ2) is 9.22. The molecule has 1 aromatic rings. The van der Waals surface area contributed by atoms with Gasteiger partial charge in [-0.15, -0.1) is 0 Å².